The summed E-state index contributed by atoms with van der Waals surface area (Å²) in [5, 5.41) is 0. The Kier molecular flexibility index (Phi) is 5.24. The molecule has 0 N–H and O–H groups in total. The van der Waals surface area contributed by atoms with Gasteiger partial charge in [0.1, 0.15) is 5.75 Å². The van der Waals surface area contributed by atoms with Crippen LogP contribution >= 0.6 is 11.8 Å². The molecule has 2 rings (SSSR count). The number of carbonyl (C=O) groups excluding carboxylic acids is 1. The standard InChI is InChI=1S/C17H18O2S/c1-3-19-15-9-5-13(6-10-15)17(18)14-7-11-16(12-8-14)20-4-2/h5-12H,3-4H2,1-2H3. The molecule has 2 aromatic rings. The first-order valence-corrected chi connectivity index (χ1v) is 7.73. The number of rotatable bonds is 6. The van der Waals surface area contributed by atoms with Gasteiger partial charge in [-0.3, -0.25) is 4.79 Å². The van der Waals surface area contributed by atoms with E-state index >= 15 is 0 Å². The van der Waals surface area contributed by atoms with E-state index in [9.17, 15) is 4.79 Å². The second kappa shape index (κ2) is 7.15. The van der Waals surface area contributed by atoms with Crippen LogP contribution in [-0.4, -0.2) is 18.1 Å². The first-order chi connectivity index (χ1) is 9.74. The molecule has 0 bridgehead atoms. The molecular weight excluding hydrogens is 268 g/mol. The first-order valence-electron chi connectivity index (χ1n) is 6.75. The zero-order valence-corrected chi connectivity index (χ0v) is 12.6. The largest absolute Gasteiger partial charge is 0.494 e. The van der Waals surface area contributed by atoms with Gasteiger partial charge in [-0.15, -0.1) is 11.8 Å². The Bertz CT molecular complexity index is 507. The Hall–Kier alpha value is -1.74. The maximum Gasteiger partial charge on any atom is 0.193 e. The van der Waals surface area contributed by atoms with Gasteiger partial charge in [-0.2, -0.15) is 0 Å². The normalized spacial score (nSPS) is 10.3. The molecule has 0 aliphatic carbocycles. The molecule has 0 aromatic heterocycles. The summed E-state index contributed by atoms with van der Waals surface area (Å²) in [4.78, 5) is 13.5. The van der Waals surface area contributed by atoms with Crippen LogP contribution in [-0.2, 0) is 0 Å². The zero-order chi connectivity index (χ0) is 14.4. The minimum atomic E-state index is 0.0427. The molecule has 0 spiro atoms. The molecule has 0 aliphatic heterocycles. The third-order valence-corrected chi connectivity index (χ3v) is 3.75. The summed E-state index contributed by atoms with van der Waals surface area (Å²) in [7, 11) is 0. The minimum absolute atomic E-state index is 0.0427. The number of ketones is 1. The third kappa shape index (κ3) is 3.64. The van der Waals surface area contributed by atoms with Crippen LogP contribution in [0.4, 0.5) is 0 Å². The number of benzene rings is 2. The predicted molar refractivity (Wildman–Crippen MR) is 83.9 cm³/mol. The van der Waals surface area contributed by atoms with Gasteiger partial charge in [0.15, 0.2) is 5.78 Å². The van der Waals surface area contributed by atoms with E-state index in [4.69, 9.17) is 4.74 Å². The molecule has 0 heterocycles. The molecule has 104 valence electrons. The van der Waals surface area contributed by atoms with Gasteiger partial charge < -0.3 is 4.74 Å². The van der Waals surface area contributed by atoms with E-state index in [-0.39, 0.29) is 5.78 Å². The SMILES string of the molecule is CCOc1ccc(C(=O)c2ccc(SCC)cc2)cc1. The van der Waals surface area contributed by atoms with Crippen molar-refractivity contribution >= 4 is 17.5 Å². The molecule has 2 aromatic carbocycles. The molecule has 0 aliphatic rings. The van der Waals surface area contributed by atoms with Crippen LogP contribution in [0.2, 0.25) is 0 Å². The number of carbonyl (C=O) groups is 1. The van der Waals surface area contributed by atoms with Crippen molar-refractivity contribution < 1.29 is 9.53 Å². The lowest BCUT2D eigenvalue weighted by atomic mass is 10.0. The number of hydrogen-bond donors (Lipinski definition) is 0. The fourth-order valence-corrected chi connectivity index (χ4v) is 2.57. The quantitative estimate of drug-likeness (QED) is 0.580. The molecule has 0 saturated heterocycles. The number of thioether (sulfide) groups is 1. The molecule has 0 fully saturated rings. The van der Waals surface area contributed by atoms with Crippen molar-refractivity contribution in [1.29, 1.82) is 0 Å². The van der Waals surface area contributed by atoms with E-state index < -0.39 is 0 Å². The third-order valence-electron chi connectivity index (χ3n) is 2.86. The average molecular weight is 286 g/mol. The van der Waals surface area contributed by atoms with Gasteiger partial charge in [-0.25, -0.2) is 0 Å². The smallest absolute Gasteiger partial charge is 0.193 e. The van der Waals surface area contributed by atoms with E-state index in [0.29, 0.717) is 12.2 Å². The molecular formula is C17H18O2S. The van der Waals surface area contributed by atoms with E-state index in [1.54, 1.807) is 11.8 Å². The van der Waals surface area contributed by atoms with Crippen LogP contribution in [0, 0.1) is 0 Å². The van der Waals surface area contributed by atoms with Crippen molar-refractivity contribution in [3.8, 4) is 5.75 Å². The second-order valence-electron chi connectivity index (χ2n) is 4.24. The van der Waals surface area contributed by atoms with Gasteiger partial charge in [0, 0.05) is 16.0 Å². The highest BCUT2D eigenvalue weighted by Gasteiger charge is 2.09. The summed E-state index contributed by atoms with van der Waals surface area (Å²) in [6.45, 7) is 4.68. The van der Waals surface area contributed by atoms with Crippen LogP contribution in [0.25, 0.3) is 0 Å². The molecule has 0 unspecified atom stereocenters. The summed E-state index contributed by atoms with van der Waals surface area (Å²) >= 11 is 1.77. The molecule has 0 atom stereocenters. The fourth-order valence-electron chi connectivity index (χ4n) is 1.91. The molecule has 2 nitrogen and oxygen atoms in total. The Morgan fingerprint density at radius 3 is 2.00 bits per heavy atom. The lowest BCUT2D eigenvalue weighted by Crippen LogP contribution is -2.01. The van der Waals surface area contributed by atoms with Crippen LogP contribution in [0.15, 0.2) is 53.4 Å². The van der Waals surface area contributed by atoms with Crippen molar-refractivity contribution in [1.82, 2.24) is 0 Å². The molecule has 20 heavy (non-hydrogen) atoms. The minimum Gasteiger partial charge on any atom is -0.494 e. The lowest BCUT2D eigenvalue weighted by Gasteiger charge is -2.05. The summed E-state index contributed by atoms with van der Waals surface area (Å²) in [5.74, 6) is 1.87. The Morgan fingerprint density at radius 1 is 0.950 bits per heavy atom. The highest BCUT2D eigenvalue weighted by atomic mass is 32.2. The topological polar surface area (TPSA) is 26.3 Å². The van der Waals surface area contributed by atoms with Crippen LogP contribution in [0.1, 0.15) is 29.8 Å². The van der Waals surface area contributed by atoms with Crippen molar-refractivity contribution in [2.24, 2.45) is 0 Å². The number of hydrogen-bond acceptors (Lipinski definition) is 3. The Balaban J connectivity index is 2.13. The van der Waals surface area contributed by atoms with Crippen molar-refractivity contribution in [2.45, 2.75) is 18.7 Å². The molecule has 0 saturated carbocycles. The predicted octanol–water partition coefficient (Wildman–Crippen LogP) is 4.43. The Labute approximate surface area is 124 Å². The Morgan fingerprint density at radius 2 is 1.50 bits per heavy atom. The van der Waals surface area contributed by atoms with Gasteiger partial charge in [0.05, 0.1) is 6.61 Å². The molecule has 0 radical (unpaired) electrons. The maximum absolute atomic E-state index is 12.3. The van der Waals surface area contributed by atoms with Crippen molar-refractivity contribution in [3.05, 3.63) is 59.7 Å². The fraction of sp³-hybridized carbons (Fsp3) is 0.235. The van der Waals surface area contributed by atoms with E-state index in [2.05, 4.69) is 6.92 Å². The highest BCUT2D eigenvalue weighted by Crippen LogP contribution is 2.20. The van der Waals surface area contributed by atoms with E-state index in [1.165, 1.54) is 4.90 Å². The van der Waals surface area contributed by atoms with Crippen LogP contribution < -0.4 is 4.74 Å². The maximum atomic E-state index is 12.3. The lowest BCUT2D eigenvalue weighted by molar-refractivity contribution is 0.103. The number of ether oxygens (including phenoxy) is 1. The monoisotopic (exact) mass is 286 g/mol. The molecule has 3 heteroatoms. The van der Waals surface area contributed by atoms with E-state index in [1.807, 2.05) is 55.5 Å². The summed E-state index contributed by atoms with van der Waals surface area (Å²) in [5.41, 5.74) is 1.40. The summed E-state index contributed by atoms with van der Waals surface area (Å²) in [6, 6.07) is 15.0. The van der Waals surface area contributed by atoms with Gasteiger partial charge in [0.2, 0.25) is 0 Å². The zero-order valence-electron chi connectivity index (χ0n) is 11.8. The van der Waals surface area contributed by atoms with E-state index in [0.717, 1.165) is 17.1 Å². The van der Waals surface area contributed by atoms with Gasteiger partial charge in [-0.05, 0) is 61.2 Å². The van der Waals surface area contributed by atoms with Crippen molar-refractivity contribution in [3.63, 3.8) is 0 Å². The van der Waals surface area contributed by atoms with Gasteiger partial charge in [-0.1, -0.05) is 6.92 Å². The van der Waals surface area contributed by atoms with Crippen LogP contribution in [0.5, 0.6) is 5.75 Å². The van der Waals surface area contributed by atoms with Gasteiger partial charge >= 0.3 is 0 Å². The van der Waals surface area contributed by atoms with Crippen molar-refractivity contribution in [2.75, 3.05) is 12.4 Å². The molecule has 0 amide bonds. The first kappa shape index (κ1) is 14.7. The van der Waals surface area contributed by atoms with Gasteiger partial charge in [0.25, 0.3) is 0 Å². The average Bonchev–Trinajstić information content (AvgIpc) is 2.49. The summed E-state index contributed by atoms with van der Waals surface area (Å²) in [6.07, 6.45) is 0. The summed E-state index contributed by atoms with van der Waals surface area (Å²) < 4.78 is 5.37. The van der Waals surface area contributed by atoms with Crippen LogP contribution in [0.3, 0.4) is 0 Å². The highest BCUT2D eigenvalue weighted by molar-refractivity contribution is 7.99. The second-order valence-corrected chi connectivity index (χ2v) is 5.58.